The Balaban J connectivity index is 1.89. The molecule has 0 aliphatic heterocycles. The lowest BCUT2D eigenvalue weighted by Gasteiger charge is -2.05. The van der Waals surface area contributed by atoms with Gasteiger partial charge >= 0.3 is 5.97 Å². The number of esters is 1. The minimum atomic E-state index is -0.588. The maximum Gasteiger partial charge on any atom is 0.341 e. The first-order valence-corrected chi connectivity index (χ1v) is 9.19. The van der Waals surface area contributed by atoms with Crippen molar-refractivity contribution >= 4 is 51.4 Å². The highest BCUT2D eigenvalue weighted by molar-refractivity contribution is 7.19. The van der Waals surface area contributed by atoms with Crippen LogP contribution < -0.4 is 10.6 Å². The molecule has 0 unspecified atom stereocenters. The molecule has 0 bridgehead atoms. The Hall–Kier alpha value is -2.38. The molecule has 2 amide bonds. The monoisotopic (exact) mass is 392 g/mol. The fourth-order valence-corrected chi connectivity index (χ4v) is 3.67. The summed E-state index contributed by atoms with van der Waals surface area (Å²) in [6, 6.07) is 6.69. The van der Waals surface area contributed by atoms with Gasteiger partial charge in [-0.15, -0.1) is 11.3 Å². The zero-order chi connectivity index (χ0) is 18.8. The maximum absolute atomic E-state index is 12.6. The average Bonchev–Trinajstić information content (AvgIpc) is 3.41. The van der Waals surface area contributed by atoms with E-state index in [1.165, 1.54) is 7.11 Å². The SMILES string of the molecule is COC(=O)c1c(NC(=O)C2CC2)sc(C(=O)Nc2ccc(Cl)cc2)c1C. The van der Waals surface area contributed by atoms with Crippen molar-refractivity contribution in [3.05, 3.63) is 45.3 Å². The number of halogens is 1. The number of hydrogen-bond donors (Lipinski definition) is 2. The molecule has 136 valence electrons. The standard InChI is InChI=1S/C18H17ClN2O4S/c1-9-13(18(24)25-2)17(21-15(22)10-3-4-10)26-14(9)16(23)20-12-7-5-11(19)6-8-12/h5-8,10H,3-4H2,1-2H3,(H,20,23)(H,21,22). The summed E-state index contributed by atoms with van der Waals surface area (Å²) in [7, 11) is 1.26. The van der Waals surface area contributed by atoms with Crippen LogP contribution in [-0.4, -0.2) is 24.9 Å². The van der Waals surface area contributed by atoms with E-state index >= 15 is 0 Å². The largest absolute Gasteiger partial charge is 0.465 e. The van der Waals surface area contributed by atoms with Crippen molar-refractivity contribution in [3.8, 4) is 0 Å². The summed E-state index contributed by atoms with van der Waals surface area (Å²) in [5, 5.41) is 6.42. The lowest BCUT2D eigenvalue weighted by molar-refractivity contribution is -0.117. The predicted molar refractivity (Wildman–Crippen MR) is 101 cm³/mol. The van der Waals surface area contributed by atoms with Crippen LogP contribution in [0.25, 0.3) is 0 Å². The molecule has 0 atom stereocenters. The zero-order valence-electron chi connectivity index (χ0n) is 14.2. The van der Waals surface area contributed by atoms with Crippen molar-refractivity contribution < 1.29 is 19.1 Å². The molecule has 8 heteroatoms. The number of carbonyl (C=O) groups is 3. The summed E-state index contributed by atoms with van der Waals surface area (Å²) < 4.78 is 4.81. The Morgan fingerprint density at radius 1 is 1.15 bits per heavy atom. The van der Waals surface area contributed by atoms with Crippen molar-refractivity contribution in [2.75, 3.05) is 17.7 Å². The molecular weight excluding hydrogens is 376 g/mol. The minimum absolute atomic E-state index is 0.0192. The van der Waals surface area contributed by atoms with Crippen LogP contribution >= 0.6 is 22.9 Å². The molecule has 0 spiro atoms. The van der Waals surface area contributed by atoms with Crippen LogP contribution in [0.4, 0.5) is 10.7 Å². The van der Waals surface area contributed by atoms with Crippen LogP contribution in [0.3, 0.4) is 0 Å². The number of hydrogen-bond acceptors (Lipinski definition) is 5. The summed E-state index contributed by atoms with van der Waals surface area (Å²) in [6.45, 7) is 1.66. The van der Waals surface area contributed by atoms with Crippen molar-refractivity contribution in [1.82, 2.24) is 0 Å². The first-order chi connectivity index (χ1) is 12.4. The molecule has 1 aromatic heterocycles. The molecule has 1 aromatic carbocycles. The highest BCUT2D eigenvalue weighted by Crippen LogP contribution is 2.37. The van der Waals surface area contributed by atoms with Gasteiger partial charge in [-0.05, 0) is 49.6 Å². The molecule has 1 heterocycles. The third-order valence-electron chi connectivity index (χ3n) is 4.03. The molecule has 1 aliphatic rings. The van der Waals surface area contributed by atoms with Crippen molar-refractivity contribution in [2.24, 2.45) is 5.92 Å². The maximum atomic E-state index is 12.6. The summed E-state index contributed by atoms with van der Waals surface area (Å²) in [6.07, 6.45) is 1.68. The van der Waals surface area contributed by atoms with E-state index in [0.717, 1.165) is 24.2 Å². The Kier molecular flexibility index (Phi) is 5.29. The molecule has 6 nitrogen and oxygen atoms in total. The number of methoxy groups -OCH3 is 1. The molecular formula is C18H17ClN2O4S. The van der Waals surface area contributed by atoms with Gasteiger partial charge in [0.05, 0.1) is 17.6 Å². The highest BCUT2D eigenvalue weighted by atomic mass is 35.5. The number of nitrogens with one attached hydrogen (secondary N) is 2. The molecule has 0 radical (unpaired) electrons. The third kappa shape index (κ3) is 3.89. The normalized spacial score (nSPS) is 13.2. The predicted octanol–water partition coefficient (Wildman–Crippen LogP) is 4.10. The van der Waals surface area contributed by atoms with E-state index in [9.17, 15) is 14.4 Å². The van der Waals surface area contributed by atoms with Crippen LogP contribution in [-0.2, 0) is 9.53 Å². The summed E-state index contributed by atoms with van der Waals surface area (Å²) >= 11 is 6.91. The number of rotatable bonds is 5. The topological polar surface area (TPSA) is 84.5 Å². The highest BCUT2D eigenvalue weighted by Gasteiger charge is 2.32. The summed E-state index contributed by atoms with van der Waals surface area (Å²) in [5.41, 5.74) is 1.27. The van der Waals surface area contributed by atoms with Gasteiger partial charge in [-0.3, -0.25) is 9.59 Å². The first kappa shape index (κ1) is 18.4. The van der Waals surface area contributed by atoms with Gasteiger partial charge in [0.2, 0.25) is 5.91 Å². The third-order valence-corrected chi connectivity index (χ3v) is 5.49. The number of carbonyl (C=O) groups excluding carboxylic acids is 3. The fourth-order valence-electron chi connectivity index (χ4n) is 2.45. The molecule has 1 saturated carbocycles. The average molecular weight is 393 g/mol. The second-order valence-electron chi connectivity index (χ2n) is 5.98. The smallest absolute Gasteiger partial charge is 0.341 e. The molecule has 2 N–H and O–H groups in total. The van der Waals surface area contributed by atoms with Crippen LogP contribution in [0.15, 0.2) is 24.3 Å². The Labute approximate surface area is 159 Å². The summed E-state index contributed by atoms with van der Waals surface area (Å²) in [5.74, 6) is -1.11. The van der Waals surface area contributed by atoms with Crippen LogP contribution in [0, 0.1) is 12.8 Å². The molecule has 26 heavy (non-hydrogen) atoms. The molecule has 1 fully saturated rings. The molecule has 1 aliphatic carbocycles. The van der Waals surface area contributed by atoms with Gasteiger partial charge in [-0.2, -0.15) is 0 Å². The lowest BCUT2D eigenvalue weighted by atomic mass is 10.1. The summed E-state index contributed by atoms with van der Waals surface area (Å²) in [4.78, 5) is 37.2. The Morgan fingerprint density at radius 2 is 1.81 bits per heavy atom. The van der Waals surface area contributed by atoms with Crippen LogP contribution in [0.2, 0.25) is 5.02 Å². The number of thiophene rings is 1. The van der Waals surface area contributed by atoms with E-state index in [1.54, 1.807) is 31.2 Å². The van der Waals surface area contributed by atoms with E-state index in [2.05, 4.69) is 10.6 Å². The van der Waals surface area contributed by atoms with Gasteiger partial charge in [-0.25, -0.2) is 4.79 Å². The molecule has 2 aromatic rings. The van der Waals surface area contributed by atoms with Gasteiger partial charge < -0.3 is 15.4 Å². The fraction of sp³-hybridized carbons (Fsp3) is 0.278. The first-order valence-electron chi connectivity index (χ1n) is 8.00. The van der Waals surface area contributed by atoms with E-state index in [-0.39, 0.29) is 23.3 Å². The zero-order valence-corrected chi connectivity index (χ0v) is 15.8. The van der Waals surface area contributed by atoms with E-state index in [0.29, 0.717) is 26.2 Å². The second-order valence-corrected chi connectivity index (χ2v) is 7.43. The van der Waals surface area contributed by atoms with Crippen LogP contribution in [0.1, 0.15) is 38.4 Å². The molecule has 3 rings (SSSR count). The quantitative estimate of drug-likeness (QED) is 0.750. The number of amides is 2. The van der Waals surface area contributed by atoms with Gasteiger partial charge in [0, 0.05) is 16.6 Å². The van der Waals surface area contributed by atoms with Gasteiger partial charge in [0.15, 0.2) is 0 Å². The van der Waals surface area contributed by atoms with E-state index < -0.39 is 5.97 Å². The van der Waals surface area contributed by atoms with Crippen molar-refractivity contribution in [2.45, 2.75) is 19.8 Å². The van der Waals surface area contributed by atoms with Crippen molar-refractivity contribution in [3.63, 3.8) is 0 Å². The minimum Gasteiger partial charge on any atom is -0.465 e. The van der Waals surface area contributed by atoms with Gasteiger partial charge in [0.25, 0.3) is 5.91 Å². The van der Waals surface area contributed by atoms with Gasteiger partial charge in [-0.1, -0.05) is 11.6 Å². The van der Waals surface area contributed by atoms with Crippen LogP contribution in [0.5, 0.6) is 0 Å². The molecule has 0 saturated heterocycles. The number of benzene rings is 1. The number of anilines is 2. The van der Waals surface area contributed by atoms with Crippen molar-refractivity contribution in [1.29, 1.82) is 0 Å². The Morgan fingerprint density at radius 3 is 2.38 bits per heavy atom. The Bertz CT molecular complexity index is 872. The van der Waals surface area contributed by atoms with E-state index in [1.807, 2.05) is 0 Å². The second kappa shape index (κ2) is 7.47. The lowest BCUT2D eigenvalue weighted by Crippen LogP contribution is -2.15. The van der Waals surface area contributed by atoms with Gasteiger partial charge in [0.1, 0.15) is 5.00 Å². The number of ether oxygens (including phenoxy) is 1. The van der Waals surface area contributed by atoms with E-state index in [4.69, 9.17) is 16.3 Å².